The number of hydrogen-bond acceptors (Lipinski definition) is 4. The predicted octanol–water partition coefficient (Wildman–Crippen LogP) is 1.44. The summed E-state index contributed by atoms with van der Waals surface area (Å²) in [7, 11) is 1.68. The summed E-state index contributed by atoms with van der Waals surface area (Å²) in [5.74, 6) is 0.329. The van der Waals surface area contributed by atoms with E-state index >= 15 is 0 Å². The molecular weight excluding hydrogens is 320 g/mol. The third kappa shape index (κ3) is 4.21. The number of likely N-dealkylation sites (tertiary alicyclic amines) is 1. The van der Waals surface area contributed by atoms with E-state index in [9.17, 15) is 9.59 Å². The molecule has 0 atom stereocenters. The van der Waals surface area contributed by atoms with Crippen LogP contribution in [0.4, 0.5) is 0 Å². The van der Waals surface area contributed by atoms with Gasteiger partial charge in [-0.15, -0.1) is 0 Å². The van der Waals surface area contributed by atoms with Gasteiger partial charge in [0.05, 0.1) is 0 Å². The van der Waals surface area contributed by atoms with Crippen molar-refractivity contribution in [3.8, 4) is 0 Å². The normalized spacial score (nSPS) is 19.7. The standard InChI is InChI=1S/C18H28N4O3/c1-3-22-10-6-15(20-22)17(24)21-11-7-18(8-12-21,9-13-25-2)19-16(23)14-4-5-14/h6,10,14H,3-5,7-9,11-13H2,1-2H3,(H,19,23). The molecule has 0 spiro atoms. The van der Waals surface area contributed by atoms with Crippen LogP contribution in [0, 0.1) is 5.92 Å². The molecule has 7 heteroatoms. The zero-order valence-electron chi connectivity index (χ0n) is 15.2. The van der Waals surface area contributed by atoms with Crippen LogP contribution in [0.25, 0.3) is 0 Å². The van der Waals surface area contributed by atoms with Crippen LogP contribution in [0.3, 0.4) is 0 Å². The monoisotopic (exact) mass is 348 g/mol. The van der Waals surface area contributed by atoms with E-state index in [-0.39, 0.29) is 23.3 Å². The minimum Gasteiger partial charge on any atom is -0.385 e. The Bertz CT molecular complexity index is 616. The number of nitrogens with zero attached hydrogens (tertiary/aromatic N) is 3. The molecule has 25 heavy (non-hydrogen) atoms. The molecule has 1 aromatic rings. The number of amides is 2. The number of aryl methyl sites for hydroxylation is 1. The first kappa shape index (κ1) is 17.9. The van der Waals surface area contributed by atoms with Gasteiger partial charge >= 0.3 is 0 Å². The zero-order chi connectivity index (χ0) is 17.9. The Morgan fingerprint density at radius 2 is 2.08 bits per heavy atom. The summed E-state index contributed by atoms with van der Waals surface area (Å²) in [6.45, 7) is 4.62. The Hall–Kier alpha value is -1.89. The van der Waals surface area contributed by atoms with Crippen LogP contribution in [0.1, 0.15) is 49.5 Å². The Balaban J connectivity index is 1.61. The zero-order valence-corrected chi connectivity index (χ0v) is 15.2. The maximum atomic E-state index is 12.6. The van der Waals surface area contributed by atoms with Crippen LogP contribution in [0.15, 0.2) is 12.3 Å². The number of carbonyl (C=O) groups is 2. The molecule has 1 aliphatic heterocycles. The Labute approximate surface area is 148 Å². The topological polar surface area (TPSA) is 76.5 Å². The van der Waals surface area contributed by atoms with E-state index in [2.05, 4.69) is 10.4 Å². The van der Waals surface area contributed by atoms with Gasteiger partial charge < -0.3 is 15.0 Å². The van der Waals surface area contributed by atoms with Gasteiger partial charge in [0.2, 0.25) is 5.91 Å². The SMILES string of the molecule is CCn1ccc(C(=O)N2CCC(CCOC)(NC(=O)C3CC3)CC2)n1. The first-order valence-corrected chi connectivity index (χ1v) is 9.20. The molecule has 0 bridgehead atoms. The minimum atomic E-state index is -0.255. The lowest BCUT2D eigenvalue weighted by atomic mass is 9.84. The van der Waals surface area contributed by atoms with Gasteiger partial charge in [0, 0.05) is 51.0 Å². The van der Waals surface area contributed by atoms with Crippen molar-refractivity contribution in [2.45, 2.75) is 51.1 Å². The summed E-state index contributed by atoms with van der Waals surface area (Å²) in [5, 5.41) is 7.57. The second-order valence-corrected chi connectivity index (χ2v) is 7.14. The summed E-state index contributed by atoms with van der Waals surface area (Å²) in [4.78, 5) is 26.7. The highest BCUT2D eigenvalue weighted by Gasteiger charge is 2.40. The molecule has 2 heterocycles. The maximum Gasteiger partial charge on any atom is 0.274 e. The maximum absolute atomic E-state index is 12.6. The quantitative estimate of drug-likeness (QED) is 0.809. The van der Waals surface area contributed by atoms with Gasteiger partial charge in [-0.1, -0.05) is 0 Å². The molecule has 1 saturated carbocycles. The summed E-state index contributed by atoms with van der Waals surface area (Å²) < 4.78 is 7.00. The van der Waals surface area contributed by atoms with E-state index in [0.29, 0.717) is 25.4 Å². The first-order chi connectivity index (χ1) is 12.1. The third-order valence-electron chi connectivity index (χ3n) is 5.31. The molecule has 0 aromatic carbocycles. The van der Waals surface area contributed by atoms with Gasteiger partial charge in [-0.3, -0.25) is 14.3 Å². The highest BCUT2D eigenvalue weighted by molar-refractivity contribution is 5.92. The van der Waals surface area contributed by atoms with Crippen LogP contribution in [0.5, 0.6) is 0 Å². The molecule has 1 saturated heterocycles. The van der Waals surface area contributed by atoms with Crippen molar-refractivity contribution in [1.29, 1.82) is 0 Å². The van der Waals surface area contributed by atoms with Gasteiger partial charge in [0.25, 0.3) is 5.91 Å². The number of nitrogens with one attached hydrogen (secondary N) is 1. The smallest absolute Gasteiger partial charge is 0.274 e. The van der Waals surface area contributed by atoms with Crippen molar-refractivity contribution in [1.82, 2.24) is 20.0 Å². The van der Waals surface area contributed by atoms with Crippen LogP contribution in [-0.4, -0.2) is 58.8 Å². The number of carbonyl (C=O) groups excluding carboxylic acids is 2. The van der Waals surface area contributed by atoms with Gasteiger partial charge in [-0.2, -0.15) is 5.10 Å². The summed E-state index contributed by atoms with van der Waals surface area (Å²) >= 11 is 0. The lowest BCUT2D eigenvalue weighted by molar-refractivity contribution is -0.125. The first-order valence-electron chi connectivity index (χ1n) is 9.20. The Kier molecular flexibility index (Phi) is 5.42. The average Bonchev–Trinajstić information content (AvgIpc) is 3.38. The van der Waals surface area contributed by atoms with E-state index in [1.807, 2.05) is 18.0 Å². The Morgan fingerprint density at radius 1 is 1.36 bits per heavy atom. The number of rotatable bonds is 7. The average molecular weight is 348 g/mol. The molecule has 0 unspecified atom stereocenters. The fourth-order valence-corrected chi connectivity index (χ4v) is 3.40. The van der Waals surface area contributed by atoms with Crippen molar-refractivity contribution in [2.24, 2.45) is 5.92 Å². The molecule has 7 nitrogen and oxygen atoms in total. The number of piperidine rings is 1. The van der Waals surface area contributed by atoms with E-state index in [0.717, 1.165) is 38.6 Å². The van der Waals surface area contributed by atoms with Crippen LogP contribution in [-0.2, 0) is 16.1 Å². The fourth-order valence-electron chi connectivity index (χ4n) is 3.40. The van der Waals surface area contributed by atoms with Crippen molar-refractivity contribution < 1.29 is 14.3 Å². The lowest BCUT2D eigenvalue weighted by Crippen LogP contribution is -2.57. The van der Waals surface area contributed by atoms with Crippen molar-refractivity contribution in [2.75, 3.05) is 26.8 Å². The van der Waals surface area contributed by atoms with Crippen molar-refractivity contribution in [3.63, 3.8) is 0 Å². The second-order valence-electron chi connectivity index (χ2n) is 7.14. The second kappa shape index (κ2) is 7.56. The highest BCUT2D eigenvalue weighted by Crippen LogP contribution is 2.32. The molecule has 3 rings (SSSR count). The Morgan fingerprint density at radius 3 is 2.64 bits per heavy atom. The minimum absolute atomic E-state index is 0.0268. The summed E-state index contributed by atoms with van der Waals surface area (Å²) in [5.41, 5.74) is 0.239. The van der Waals surface area contributed by atoms with Gasteiger partial charge in [-0.05, 0) is 45.1 Å². The summed E-state index contributed by atoms with van der Waals surface area (Å²) in [6.07, 6.45) is 6.13. The lowest BCUT2D eigenvalue weighted by Gasteiger charge is -2.42. The predicted molar refractivity (Wildman–Crippen MR) is 93.1 cm³/mol. The summed E-state index contributed by atoms with van der Waals surface area (Å²) in [6, 6.07) is 1.77. The van der Waals surface area contributed by atoms with Crippen LogP contribution in [0.2, 0.25) is 0 Å². The van der Waals surface area contributed by atoms with Crippen molar-refractivity contribution in [3.05, 3.63) is 18.0 Å². The van der Waals surface area contributed by atoms with E-state index in [4.69, 9.17) is 4.74 Å². The van der Waals surface area contributed by atoms with Gasteiger partial charge in [0.15, 0.2) is 0 Å². The van der Waals surface area contributed by atoms with E-state index < -0.39 is 0 Å². The molecule has 1 aliphatic carbocycles. The van der Waals surface area contributed by atoms with Gasteiger partial charge in [-0.25, -0.2) is 0 Å². The molecule has 1 N–H and O–H groups in total. The molecular formula is C18H28N4O3. The largest absolute Gasteiger partial charge is 0.385 e. The van der Waals surface area contributed by atoms with E-state index in [1.165, 1.54) is 0 Å². The molecule has 0 radical (unpaired) electrons. The van der Waals surface area contributed by atoms with Crippen LogP contribution < -0.4 is 5.32 Å². The molecule has 2 amide bonds. The van der Waals surface area contributed by atoms with Gasteiger partial charge in [0.1, 0.15) is 5.69 Å². The number of methoxy groups -OCH3 is 1. The highest BCUT2D eigenvalue weighted by atomic mass is 16.5. The molecule has 2 aliphatic rings. The third-order valence-corrected chi connectivity index (χ3v) is 5.31. The molecule has 138 valence electrons. The van der Waals surface area contributed by atoms with Crippen LogP contribution >= 0.6 is 0 Å². The molecule has 2 fully saturated rings. The number of aromatic nitrogens is 2. The molecule has 1 aromatic heterocycles. The van der Waals surface area contributed by atoms with Crippen molar-refractivity contribution >= 4 is 11.8 Å². The number of hydrogen-bond donors (Lipinski definition) is 1. The number of ether oxygens (including phenoxy) is 1. The fraction of sp³-hybridized carbons (Fsp3) is 0.722. The van der Waals surface area contributed by atoms with E-state index in [1.54, 1.807) is 17.9 Å².